The smallest absolute Gasteiger partial charge is 0.193 e. The molecule has 0 aromatic carbocycles. The van der Waals surface area contributed by atoms with Crippen LogP contribution in [0.1, 0.15) is 19.1 Å². The molecule has 1 rings (SSSR count). The van der Waals surface area contributed by atoms with E-state index in [2.05, 4.69) is 0 Å². The Morgan fingerprint density at radius 1 is 1.67 bits per heavy atom. The van der Waals surface area contributed by atoms with Crippen molar-refractivity contribution in [3.63, 3.8) is 0 Å². The van der Waals surface area contributed by atoms with Crippen molar-refractivity contribution in [2.24, 2.45) is 0 Å². The van der Waals surface area contributed by atoms with Gasteiger partial charge >= 0.3 is 0 Å². The van der Waals surface area contributed by atoms with E-state index < -0.39 is 0 Å². The minimum atomic E-state index is 0.0643. The van der Waals surface area contributed by atoms with Gasteiger partial charge in [0.15, 0.2) is 5.22 Å². The van der Waals surface area contributed by atoms with Gasteiger partial charge in [-0.3, -0.25) is 0 Å². The van der Waals surface area contributed by atoms with Crippen molar-refractivity contribution in [1.29, 1.82) is 0 Å². The fourth-order valence-corrected chi connectivity index (χ4v) is 1.02. The molecule has 1 N–H and O–H groups in total. The molecule has 0 fully saturated rings. The van der Waals surface area contributed by atoms with Crippen LogP contribution < -0.4 is 0 Å². The number of rotatable bonds is 3. The molecule has 0 spiro atoms. The van der Waals surface area contributed by atoms with Crippen molar-refractivity contribution in [1.82, 2.24) is 0 Å². The highest BCUT2D eigenvalue weighted by Gasteiger charge is 1.97. The molecule has 0 bridgehead atoms. The molecule has 0 saturated carbocycles. The average Bonchev–Trinajstić information content (AvgIpc) is 2.47. The topological polar surface area (TPSA) is 33.4 Å². The monoisotopic (exact) mass is 186 g/mol. The number of hydrogen-bond acceptors (Lipinski definition) is 2. The van der Waals surface area contributed by atoms with Crippen molar-refractivity contribution in [3.05, 3.63) is 28.7 Å². The molecule has 1 aromatic heterocycles. The van der Waals surface area contributed by atoms with Crippen molar-refractivity contribution in [2.75, 3.05) is 6.61 Å². The molecule has 12 heavy (non-hydrogen) atoms. The molecular weight excluding hydrogens is 176 g/mol. The first-order valence-corrected chi connectivity index (χ1v) is 4.19. The molecule has 0 aliphatic rings. The Morgan fingerprint density at radius 3 is 2.83 bits per heavy atom. The van der Waals surface area contributed by atoms with Crippen LogP contribution in [0.25, 0.3) is 6.08 Å². The van der Waals surface area contributed by atoms with Gasteiger partial charge in [-0.1, -0.05) is 6.92 Å². The molecular formula is C9H11ClO2. The molecule has 0 radical (unpaired) electrons. The predicted octanol–water partition coefficient (Wildman–Crippen LogP) is 2.72. The van der Waals surface area contributed by atoms with Crippen molar-refractivity contribution < 1.29 is 9.52 Å². The summed E-state index contributed by atoms with van der Waals surface area (Å²) in [7, 11) is 0. The Morgan fingerprint density at radius 2 is 2.42 bits per heavy atom. The summed E-state index contributed by atoms with van der Waals surface area (Å²) in [5.74, 6) is 0.686. The van der Waals surface area contributed by atoms with Crippen LogP contribution in [0.5, 0.6) is 0 Å². The molecule has 1 heterocycles. The number of halogens is 1. The van der Waals surface area contributed by atoms with Gasteiger partial charge in [0.2, 0.25) is 0 Å². The van der Waals surface area contributed by atoms with Crippen LogP contribution in [0.15, 0.2) is 22.1 Å². The Hall–Kier alpha value is -0.730. The van der Waals surface area contributed by atoms with E-state index in [1.807, 2.05) is 6.92 Å². The highest BCUT2D eigenvalue weighted by atomic mass is 35.5. The van der Waals surface area contributed by atoms with Gasteiger partial charge in [0.1, 0.15) is 5.76 Å². The molecule has 0 amide bonds. The zero-order valence-corrected chi connectivity index (χ0v) is 7.64. The maximum atomic E-state index is 8.85. The molecule has 0 saturated heterocycles. The van der Waals surface area contributed by atoms with E-state index in [-0.39, 0.29) is 6.61 Å². The summed E-state index contributed by atoms with van der Waals surface area (Å²) in [6.07, 6.45) is 2.61. The molecule has 2 nitrogen and oxygen atoms in total. The van der Waals surface area contributed by atoms with E-state index in [9.17, 15) is 0 Å². The van der Waals surface area contributed by atoms with Crippen molar-refractivity contribution in [3.8, 4) is 0 Å². The lowest BCUT2D eigenvalue weighted by atomic mass is 10.2. The van der Waals surface area contributed by atoms with E-state index in [1.165, 1.54) is 0 Å². The third-order valence-corrected chi connectivity index (χ3v) is 1.80. The Balaban J connectivity index is 2.78. The first-order chi connectivity index (χ1) is 5.76. The van der Waals surface area contributed by atoms with Crippen LogP contribution in [0.2, 0.25) is 5.22 Å². The first kappa shape index (κ1) is 9.36. The maximum absolute atomic E-state index is 8.85. The SMILES string of the molecule is CCC(=Cc1ccc(Cl)o1)CO. The molecule has 66 valence electrons. The van der Waals surface area contributed by atoms with Crippen LogP contribution in [0.4, 0.5) is 0 Å². The largest absolute Gasteiger partial charge is 0.445 e. The van der Waals surface area contributed by atoms with Crippen LogP contribution in [-0.2, 0) is 0 Å². The van der Waals surface area contributed by atoms with E-state index >= 15 is 0 Å². The van der Waals surface area contributed by atoms with E-state index in [0.29, 0.717) is 11.0 Å². The lowest BCUT2D eigenvalue weighted by molar-refractivity contribution is 0.328. The molecule has 0 aliphatic heterocycles. The van der Waals surface area contributed by atoms with Gasteiger partial charge in [0.05, 0.1) is 6.61 Å². The number of aliphatic hydroxyl groups excluding tert-OH is 1. The summed E-state index contributed by atoms with van der Waals surface area (Å²) in [6.45, 7) is 2.04. The molecule has 0 atom stereocenters. The van der Waals surface area contributed by atoms with Gasteiger partial charge < -0.3 is 9.52 Å². The highest BCUT2D eigenvalue weighted by molar-refractivity contribution is 6.28. The predicted molar refractivity (Wildman–Crippen MR) is 49.1 cm³/mol. The standard InChI is InChI=1S/C9H11ClO2/c1-2-7(6-11)5-8-3-4-9(10)12-8/h3-5,11H,2,6H2,1H3. The average molecular weight is 187 g/mol. The van der Waals surface area contributed by atoms with Gasteiger partial charge in [-0.2, -0.15) is 0 Å². The van der Waals surface area contributed by atoms with Gasteiger partial charge in [0.25, 0.3) is 0 Å². The van der Waals surface area contributed by atoms with Gasteiger partial charge in [-0.05, 0) is 41.8 Å². The van der Waals surface area contributed by atoms with E-state index in [1.54, 1.807) is 18.2 Å². The number of furan rings is 1. The minimum Gasteiger partial charge on any atom is -0.445 e. The number of aliphatic hydroxyl groups is 1. The van der Waals surface area contributed by atoms with Crippen molar-refractivity contribution in [2.45, 2.75) is 13.3 Å². The van der Waals surface area contributed by atoms with Gasteiger partial charge in [-0.15, -0.1) is 0 Å². The fraction of sp³-hybridized carbons (Fsp3) is 0.333. The molecule has 0 unspecified atom stereocenters. The van der Waals surface area contributed by atoms with Crippen LogP contribution in [0.3, 0.4) is 0 Å². The summed E-state index contributed by atoms with van der Waals surface area (Å²) < 4.78 is 5.10. The lowest BCUT2D eigenvalue weighted by Crippen LogP contribution is -1.86. The van der Waals surface area contributed by atoms with E-state index in [0.717, 1.165) is 12.0 Å². The van der Waals surface area contributed by atoms with Crippen LogP contribution in [-0.4, -0.2) is 11.7 Å². The second-order valence-electron chi connectivity index (χ2n) is 2.46. The van der Waals surface area contributed by atoms with Crippen LogP contribution in [0, 0.1) is 0 Å². The summed E-state index contributed by atoms with van der Waals surface area (Å²) in [5, 5.41) is 9.22. The summed E-state index contributed by atoms with van der Waals surface area (Å²) in [5.41, 5.74) is 0.931. The zero-order valence-electron chi connectivity index (χ0n) is 6.88. The summed E-state index contributed by atoms with van der Waals surface area (Å²) in [4.78, 5) is 0. The lowest BCUT2D eigenvalue weighted by Gasteiger charge is -1.95. The Kier molecular flexibility index (Phi) is 3.38. The highest BCUT2D eigenvalue weighted by Crippen LogP contribution is 2.16. The second-order valence-corrected chi connectivity index (χ2v) is 2.83. The summed E-state index contributed by atoms with van der Waals surface area (Å²) in [6, 6.07) is 3.45. The third-order valence-electron chi connectivity index (χ3n) is 1.60. The maximum Gasteiger partial charge on any atom is 0.193 e. The van der Waals surface area contributed by atoms with Gasteiger partial charge in [0, 0.05) is 0 Å². The van der Waals surface area contributed by atoms with E-state index in [4.69, 9.17) is 21.1 Å². The van der Waals surface area contributed by atoms with Crippen molar-refractivity contribution >= 4 is 17.7 Å². The normalized spacial score (nSPS) is 12.1. The number of hydrogen-bond donors (Lipinski definition) is 1. The van der Waals surface area contributed by atoms with Crippen LogP contribution >= 0.6 is 11.6 Å². The van der Waals surface area contributed by atoms with Gasteiger partial charge in [-0.25, -0.2) is 0 Å². The zero-order chi connectivity index (χ0) is 8.97. The Bertz CT molecular complexity index is 270. The minimum absolute atomic E-state index is 0.0643. The second kappa shape index (κ2) is 4.33. The molecule has 3 heteroatoms. The summed E-state index contributed by atoms with van der Waals surface area (Å²) >= 11 is 5.57. The fourth-order valence-electron chi connectivity index (χ4n) is 0.867. The molecule has 0 aliphatic carbocycles. The molecule has 1 aromatic rings. The third kappa shape index (κ3) is 2.40. The first-order valence-electron chi connectivity index (χ1n) is 3.82. The Labute approximate surface area is 76.5 Å². The quantitative estimate of drug-likeness (QED) is 0.788.